The van der Waals surface area contributed by atoms with Gasteiger partial charge in [-0.05, 0) is 19.4 Å². The van der Waals surface area contributed by atoms with Gasteiger partial charge in [-0.15, -0.1) is 0 Å². The van der Waals surface area contributed by atoms with Crippen LogP contribution in [-0.4, -0.2) is 49.1 Å². The second kappa shape index (κ2) is 5.09. The van der Waals surface area contributed by atoms with Crippen LogP contribution in [0.4, 0.5) is 0 Å². The maximum atomic E-state index is 11.8. The Kier molecular flexibility index (Phi) is 4.05. The normalized spacial score (nSPS) is 22.0. The highest BCUT2D eigenvalue weighted by molar-refractivity contribution is 5.90. The van der Waals surface area contributed by atoms with Gasteiger partial charge in [0.25, 0.3) is 5.91 Å². The SMILES string of the molecule is COC(CCN)C(=O)N1CCC1C(N)=O. The fraction of sp³-hybridized carbons (Fsp3) is 0.778. The van der Waals surface area contributed by atoms with E-state index in [4.69, 9.17) is 16.2 Å². The van der Waals surface area contributed by atoms with Gasteiger partial charge in [0.15, 0.2) is 0 Å². The monoisotopic (exact) mass is 215 g/mol. The summed E-state index contributed by atoms with van der Waals surface area (Å²) in [7, 11) is 1.46. The van der Waals surface area contributed by atoms with Crippen LogP contribution in [0.1, 0.15) is 12.8 Å². The molecule has 1 aliphatic rings. The maximum Gasteiger partial charge on any atom is 0.252 e. The third-order valence-corrected chi connectivity index (χ3v) is 2.62. The van der Waals surface area contributed by atoms with Gasteiger partial charge < -0.3 is 21.1 Å². The van der Waals surface area contributed by atoms with Crippen LogP contribution in [0.15, 0.2) is 0 Å². The first-order valence-corrected chi connectivity index (χ1v) is 4.94. The third-order valence-electron chi connectivity index (χ3n) is 2.62. The number of nitrogens with zero attached hydrogens (tertiary/aromatic N) is 1. The molecule has 4 N–H and O–H groups in total. The Labute approximate surface area is 88.5 Å². The summed E-state index contributed by atoms with van der Waals surface area (Å²) in [6.45, 7) is 0.941. The van der Waals surface area contributed by atoms with Crippen molar-refractivity contribution in [3.8, 4) is 0 Å². The Hall–Kier alpha value is -1.14. The molecule has 0 radical (unpaired) electrons. The Morgan fingerprint density at radius 2 is 2.27 bits per heavy atom. The molecule has 1 rings (SSSR count). The van der Waals surface area contributed by atoms with Crippen molar-refractivity contribution >= 4 is 11.8 Å². The van der Waals surface area contributed by atoms with Crippen LogP contribution in [0.5, 0.6) is 0 Å². The van der Waals surface area contributed by atoms with Gasteiger partial charge in [0.1, 0.15) is 12.1 Å². The number of nitrogens with two attached hydrogens (primary N) is 2. The van der Waals surface area contributed by atoms with Crippen LogP contribution in [0, 0.1) is 0 Å². The van der Waals surface area contributed by atoms with Crippen molar-refractivity contribution < 1.29 is 14.3 Å². The predicted molar refractivity (Wildman–Crippen MR) is 53.8 cm³/mol. The van der Waals surface area contributed by atoms with E-state index in [0.717, 1.165) is 0 Å². The first kappa shape index (κ1) is 11.9. The van der Waals surface area contributed by atoms with Crippen molar-refractivity contribution in [3.05, 3.63) is 0 Å². The van der Waals surface area contributed by atoms with E-state index >= 15 is 0 Å². The summed E-state index contributed by atoms with van der Waals surface area (Å²) in [5, 5.41) is 0. The van der Waals surface area contributed by atoms with Gasteiger partial charge in [-0.1, -0.05) is 0 Å². The average molecular weight is 215 g/mol. The number of likely N-dealkylation sites (tertiary alicyclic amines) is 1. The molecule has 15 heavy (non-hydrogen) atoms. The van der Waals surface area contributed by atoms with E-state index in [1.54, 1.807) is 0 Å². The number of carbonyl (C=O) groups is 2. The fourth-order valence-corrected chi connectivity index (χ4v) is 1.63. The lowest BCUT2D eigenvalue weighted by Gasteiger charge is -2.40. The predicted octanol–water partition coefficient (Wildman–Crippen LogP) is -1.56. The minimum Gasteiger partial charge on any atom is -0.372 e. The molecule has 2 amide bonds. The molecule has 2 atom stereocenters. The molecule has 6 heteroatoms. The fourth-order valence-electron chi connectivity index (χ4n) is 1.63. The zero-order valence-electron chi connectivity index (χ0n) is 8.81. The van der Waals surface area contributed by atoms with Gasteiger partial charge >= 0.3 is 0 Å². The molecule has 0 aliphatic carbocycles. The summed E-state index contributed by atoms with van der Waals surface area (Å²) in [4.78, 5) is 24.2. The van der Waals surface area contributed by atoms with Gasteiger partial charge in [-0.2, -0.15) is 0 Å². The van der Waals surface area contributed by atoms with E-state index in [0.29, 0.717) is 25.9 Å². The molecular weight excluding hydrogens is 198 g/mol. The molecule has 6 nitrogen and oxygen atoms in total. The molecule has 1 saturated heterocycles. The van der Waals surface area contributed by atoms with Gasteiger partial charge in [0.05, 0.1) is 0 Å². The molecule has 1 fully saturated rings. The zero-order valence-corrected chi connectivity index (χ0v) is 8.81. The summed E-state index contributed by atoms with van der Waals surface area (Å²) in [6, 6.07) is -0.465. The molecular formula is C9H17N3O3. The van der Waals surface area contributed by atoms with Crippen molar-refractivity contribution in [1.82, 2.24) is 4.90 Å². The highest BCUT2D eigenvalue weighted by atomic mass is 16.5. The molecule has 1 aliphatic heterocycles. The van der Waals surface area contributed by atoms with Crippen LogP contribution >= 0.6 is 0 Å². The minimum atomic E-state index is -0.558. The molecule has 0 aromatic rings. The third kappa shape index (κ3) is 2.45. The van der Waals surface area contributed by atoms with E-state index in [1.165, 1.54) is 12.0 Å². The highest BCUT2D eigenvalue weighted by Crippen LogP contribution is 2.19. The van der Waals surface area contributed by atoms with Crippen LogP contribution in [0.3, 0.4) is 0 Å². The Morgan fingerprint density at radius 1 is 1.60 bits per heavy atom. The Bertz CT molecular complexity index is 257. The second-order valence-corrected chi connectivity index (χ2v) is 3.54. The van der Waals surface area contributed by atoms with Crippen LogP contribution < -0.4 is 11.5 Å². The second-order valence-electron chi connectivity index (χ2n) is 3.54. The first-order chi connectivity index (χ1) is 7.11. The van der Waals surface area contributed by atoms with Crippen LogP contribution in [0.2, 0.25) is 0 Å². The lowest BCUT2D eigenvalue weighted by atomic mass is 10.0. The van der Waals surface area contributed by atoms with Crippen LogP contribution in [-0.2, 0) is 14.3 Å². The lowest BCUT2D eigenvalue weighted by Crippen LogP contribution is -2.59. The summed E-state index contributed by atoms with van der Waals surface area (Å²) in [5.41, 5.74) is 10.5. The van der Waals surface area contributed by atoms with Crippen molar-refractivity contribution in [1.29, 1.82) is 0 Å². The summed E-state index contributed by atoms with van der Waals surface area (Å²) in [5.74, 6) is -0.657. The average Bonchev–Trinajstić information content (AvgIpc) is 2.11. The van der Waals surface area contributed by atoms with Crippen molar-refractivity contribution in [2.45, 2.75) is 25.0 Å². The van der Waals surface area contributed by atoms with Gasteiger partial charge in [-0.25, -0.2) is 0 Å². The van der Waals surface area contributed by atoms with Crippen molar-refractivity contribution in [2.24, 2.45) is 11.5 Å². The first-order valence-electron chi connectivity index (χ1n) is 4.94. The van der Waals surface area contributed by atoms with E-state index in [9.17, 15) is 9.59 Å². The molecule has 2 unspecified atom stereocenters. The lowest BCUT2D eigenvalue weighted by molar-refractivity contribution is -0.154. The Balaban J connectivity index is 2.55. The quantitative estimate of drug-likeness (QED) is 0.579. The molecule has 1 heterocycles. The minimum absolute atomic E-state index is 0.196. The summed E-state index contributed by atoms with van der Waals surface area (Å²) in [6.07, 6.45) is 0.536. The number of carbonyl (C=O) groups excluding carboxylic acids is 2. The molecule has 0 saturated carbocycles. The molecule has 0 spiro atoms. The van der Waals surface area contributed by atoms with Gasteiger partial charge in [0.2, 0.25) is 5.91 Å². The van der Waals surface area contributed by atoms with E-state index in [-0.39, 0.29) is 5.91 Å². The van der Waals surface area contributed by atoms with Crippen LogP contribution in [0.25, 0.3) is 0 Å². The number of methoxy groups -OCH3 is 1. The van der Waals surface area contributed by atoms with Crippen molar-refractivity contribution in [2.75, 3.05) is 20.2 Å². The molecule has 0 aromatic heterocycles. The number of rotatable bonds is 5. The zero-order chi connectivity index (χ0) is 11.4. The number of hydrogen-bond donors (Lipinski definition) is 2. The highest BCUT2D eigenvalue weighted by Gasteiger charge is 2.38. The molecule has 86 valence electrons. The van der Waals surface area contributed by atoms with Gasteiger partial charge in [-0.3, -0.25) is 9.59 Å². The summed E-state index contributed by atoms with van der Waals surface area (Å²) < 4.78 is 5.01. The number of hydrogen-bond acceptors (Lipinski definition) is 4. The Morgan fingerprint density at radius 3 is 2.60 bits per heavy atom. The maximum absolute atomic E-state index is 11.8. The van der Waals surface area contributed by atoms with Crippen molar-refractivity contribution in [3.63, 3.8) is 0 Å². The van der Waals surface area contributed by atoms with Gasteiger partial charge in [0, 0.05) is 13.7 Å². The molecule has 0 bridgehead atoms. The summed E-state index contributed by atoms with van der Waals surface area (Å²) >= 11 is 0. The van der Waals surface area contributed by atoms with E-state index in [1.807, 2.05) is 0 Å². The largest absolute Gasteiger partial charge is 0.372 e. The smallest absolute Gasteiger partial charge is 0.252 e. The number of primary amides is 1. The molecule has 0 aromatic carbocycles. The topological polar surface area (TPSA) is 98.7 Å². The number of ether oxygens (including phenoxy) is 1. The van der Waals surface area contributed by atoms with E-state index < -0.39 is 18.1 Å². The number of amides is 2. The van der Waals surface area contributed by atoms with E-state index in [2.05, 4.69) is 0 Å². The standard InChI is InChI=1S/C9H17N3O3/c1-15-7(2-4-10)9(14)12-5-3-6(12)8(11)13/h6-7H,2-5,10H2,1H3,(H2,11,13).